The highest BCUT2D eigenvalue weighted by atomic mass is 35.5. The van der Waals surface area contributed by atoms with Crippen LogP contribution in [0.4, 0.5) is 14.5 Å². The van der Waals surface area contributed by atoms with Gasteiger partial charge < -0.3 is 10.1 Å². The van der Waals surface area contributed by atoms with E-state index in [1.165, 1.54) is 25.1 Å². The van der Waals surface area contributed by atoms with Gasteiger partial charge >= 0.3 is 5.97 Å². The average molecular weight is 368 g/mol. The highest BCUT2D eigenvalue weighted by molar-refractivity contribution is 6.33. The number of rotatable bonds is 6. The van der Waals surface area contributed by atoms with Gasteiger partial charge in [-0.3, -0.25) is 9.59 Å². The molecule has 7 heteroatoms. The quantitative estimate of drug-likeness (QED) is 0.781. The summed E-state index contributed by atoms with van der Waals surface area (Å²) in [6, 6.07) is 9.31. The molecule has 25 heavy (non-hydrogen) atoms. The Labute approximate surface area is 148 Å². The van der Waals surface area contributed by atoms with Crippen LogP contribution in [-0.2, 0) is 20.7 Å². The Balaban J connectivity index is 1.83. The average Bonchev–Trinajstić information content (AvgIpc) is 2.56. The maximum absolute atomic E-state index is 13.0. The van der Waals surface area contributed by atoms with Crippen molar-refractivity contribution in [2.24, 2.45) is 0 Å². The van der Waals surface area contributed by atoms with Crippen molar-refractivity contribution in [3.63, 3.8) is 0 Å². The first-order valence-corrected chi connectivity index (χ1v) is 7.93. The van der Waals surface area contributed by atoms with Crippen molar-refractivity contribution in [2.45, 2.75) is 25.9 Å². The number of halogens is 3. The van der Waals surface area contributed by atoms with E-state index in [0.29, 0.717) is 6.42 Å². The van der Waals surface area contributed by atoms with Gasteiger partial charge in [0.2, 0.25) is 0 Å². The molecule has 0 aliphatic rings. The number of nitrogens with one attached hydrogen (secondary N) is 1. The van der Waals surface area contributed by atoms with E-state index in [9.17, 15) is 18.4 Å². The van der Waals surface area contributed by atoms with Crippen molar-refractivity contribution in [3.05, 3.63) is 64.7 Å². The first kappa shape index (κ1) is 18.9. The minimum absolute atomic E-state index is 0.0446. The van der Waals surface area contributed by atoms with Gasteiger partial charge in [0.05, 0.1) is 10.7 Å². The predicted molar refractivity (Wildman–Crippen MR) is 90.3 cm³/mol. The number of esters is 1. The van der Waals surface area contributed by atoms with Crippen LogP contribution in [0.1, 0.15) is 18.9 Å². The molecular weight excluding hydrogens is 352 g/mol. The molecule has 2 rings (SSSR count). The van der Waals surface area contributed by atoms with Crippen LogP contribution in [0.2, 0.25) is 5.02 Å². The molecule has 0 bridgehead atoms. The fraction of sp³-hybridized carbons (Fsp3) is 0.222. The largest absolute Gasteiger partial charge is 0.453 e. The van der Waals surface area contributed by atoms with Gasteiger partial charge in [0.1, 0.15) is 11.6 Å². The van der Waals surface area contributed by atoms with Crippen molar-refractivity contribution < 1.29 is 23.1 Å². The third-order valence-corrected chi connectivity index (χ3v) is 3.71. The van der Waals surface area contributed by atoms with Gasteiger partial charge in [-0.1, -0.05) is 23.7 Å². The summed E-state index contributed by atoms with van der Waals surface area (Å²) in [5, 5.41) is 2.51. The van der Waals surface area contributed by atoms with Crippen LogP contribution >= 0.6 is 11.6 Å². The molecule has 0 aliphatic carbocycles. The molecule has 0 radical (unpaired) electrons. The van der Waals surface area contributed by atoms with E-state index < -0.39 is 23.8 Å². The van der Waals surface area contributed by atoms with E-state index in [2.05, 4.69) is 5.32 Å². The molecule has 1 atom stereocenters. The molecule has 4 nitrogen and oxygen atoms in total. The predicted octanol–water partition coefficient (Wildman–Crippen LogP) is 4.12. The molecule has 0 aromatic heterocycles. The zero-order valence-electron chi connectivity index (χ0n) is 13.4. The Kier molecular flexibility index (Phi) is 6.47. The maximum Gasteiger partial charge on any atom is 0.306 e. The molecule has 0 unspecified atom stereocenters. The molecule has 132 valence electrons. The monoisotopic (exact) mass is 367 g/mol. The second-order valence-corrected chi connectivity index (χ2v) is 5.78. The van der Waals surface area contributed by atoms with Crippen molar-refractivity contribution >= 4 is 29.2 Å². The minimum Gasteiger partial charge on any atom is -0.453 e. The lowest BCUT2D eigenvalue weighted by Crippen LogP contribution is -2.30. The molecule has 0 fully saturated rings. The summed E-state index contributed by atoms with van der Waals surface area (Å²) in [6.07, 6.45) is -0.612. The molecular formula is C18H16ClF2NO3. The Bertz CT molecular complexity index is 765. The lowest BCUT2D eigenvalue weighted by Gasteiger charge is -2.14. The van der Waals surface area contributed by atoms with Crippen molar-refractivity contribution in [1.82, 2.24) is 0 Å². The number of amides is 1. The van der Waals surface area contributed by atoms with Crippen LogP contribution in [-0.4, -0.2) is 18.0 Å². The van der Waals surface area contributed by atoms with Crippen LogP contribution in [0.15, 0.2) is 42.5 Å². The number of ether oxygens (including phenoxy) is 1. The number of benzene rings is 2. The zero-order chi connectivity index (χ0) is 18.4. The van der Waals surface area contributed by atoms with E-state index in [1.54, 1.807) is 12.1 Å². The fourth-order valence-corrected chi connectivity index (χ4v) is 2.25. The lowest BCUT2D eigenvalue weighted by atomic mass is 10.1. The normalized spacial score (nSPS) is 11.7. The van der Waals surface area contributed by atoms with Gasteiger partial charge in [0.15, 0.2) is 6.10 Å². The number of anilines is 1. The summed E-state index contributed by atoms with van der Waals surface area (Å²) in [6.45, 7) is 1.42. The Morgan fingerprint density at radius 3 is 2.40 bits per heavy atom. The Hall–Kier alpha value is -2.47. The topological polar surface area (TPSA) is 55.4 Å². The molecule has 0 saturated heterocycles. The molecule has 0 aliphatic heterocycles. The summed E-state index contributed by atoms with van der Waals surface area (Å²) in [4.78, 5) is 23.8. The number of hydrogen-bond acceptors (Lipinski definition) is 3. The SMILES string of the molecule is C[C@@H](OC(=O)CCc1ccc(F)cc1)C(=O)Nc1ccc(F)cc1Cl. The van der Waals surface area contributed by atoms with Crippen LogP contribution in [0, 0.1) is 11.6 Å². The second kappa shape index (κ2) is 8.58. The molecule has 1 N–H and O–H groups in total. The molecule has 1 amide bonds. The van der Waals surface area contributed by atoms with Crippen molar-refractivity contribution in [1.29, 1.82) is 0 Å². The number of carbonyl (C=O) groups excluding carboxylic acids is 2. The third kappa shape index (κ3) is 5.83. The van der Waals surface area contributed by atoms with E-state index in [0.717, 1.165) is 17.7 Å². The smallest absolute Gasteiger partial charge is 0.306 e. The number of aryl methyl sites for hydroxylation is 1. The molecule has 0 heterocycles. The van der Waals surface area contributed by atoms with Gasteiger partial charge in [-0.15, -0.1) is 0 Å². The zero-order valence-corrected chi connectivity index (χ0v) is 14.1. The van der Waals surface area contributed by atoms with Crippen LogP contribution in [0.3, 0.4) is 0 Å². The highest BCUT2D eigenvalue weighted by Crippen LogP contribution is 2.22. The third-order valence-electron chi connectivity index (χ3n) is 3.40. The summed E-state index contributed by atoms with van der Waals surface area (Å²) >= 11 is 5.82. The standard InChI is InChI=1S/C18H16ClF2NO3/c1-11(18(24)22-16-8-7-14(21)10-15(16)19)25-17(23)9-4-12-2-5-13(20)6-3-12/h2-3,5-8,10-11H,4,9H2,1H3,(H,22,24)/t11-/m1/s1. The number of hydrogen-bond donors (Lipinski definition) is 1. The van der Waals surface area contributed by atoms with Crippen LogP contribution in [0.25, 0.3) is 0 Å². The van der Waals surface area contributed by atoms with Gasteiger partial charge in [0, 0.05) is 6.42 Å². The van der Waals surface area contributed by atoms with Gasteiger partial charge in [-0.05, 0) is 49.2 Å². The minimum atomic E-state index is -1.04. The molecule has 0 spiro atoms. The summed E-state index contributed by atoms with van der Waals surface area (Å²) in [5.41, 5.74) is 1.01. The van der Waals surface area contributed by atoms with E-state index in [4.69, 9.17) is 16.3 Å². The van der Waals surface area contributed by atoms with Crippen molar-refractivity contribution in [2.75, 3.05) is 5.32 Å². The van der Waals surface area contributed by atoms with Gasteiger partial charge in [-0.25, -0.2) is 8.78 Å². The molecule has 0 saturated carbocycles. The highest BCUT2D eigenvalue weighted by Gasteiger charge is 2.19. The summed E-state index contributed by atoms with van der Waals surface area (Å²) in [5.74, 6) is -2.01. The summed E-state index contributed by atoms with van der Waals surface area (Å²) in [7, 11) is 0. The lowest BCUT2D eigenvalue weighted by molar-refractivity contribution is -0.153. The van der Waals surface area contributed by atoms with Gasteiger partial charge in [0.25, 0.3) is 5.91 Å². The Morgan fingerprint density at radius 2 is 1.76 bits per heavy atom. The Morgan fingerprint density at radius 1 is 1.12 bits per heavy atom. The first-order chi connectivity index (χ1) is 11.8. The van der Waals surface area contributed by atoms with Gasteiger partial charge in [-0.2, -0.15) is 0 Å². The summed E-state index contributed by atoms with van der Waals surface area (Å²) < 4.78 is 30.8. The van der Waals surface area contributed by atoms with E-state index >= 15 is 0 Å². The van der Waals surface area contributed by atoms with Crippen molar-refractivity contribution in [3.8, 4) is 0 Å². The van der Waals surface area contributed by atoms with E-state index in [1.807, 2.05) is 0 Å². The van der Waals surface area contributed by atoms with Crippen LogP contribution < -0.4 is 5.32 Å². The fourth-order valence-electron chi connectivity index (χ4n) is 2.03. The van der Waals surface area contributed by atoms with E-state index in [-0.39, 0.29) is 22.9 Å². The molecule has 2 aromatic rings. The number of carbonyl (C=O) groups is 2. The maximum atomic E-state index is 13.0. The second-order valence-electron chi connectivity index (χ2n) is 5.37. The molecule has 2 aromatic carbocycles. The first-order valence-electron chi connectivity index (χ1n) is 7.55. The van der Waals surface area contributed by atoms with Crippen LogP contribution in [0.5, 0.6) is 0 Å².